The van der Waals surface area contributed by atoms with Crippen molar-refractivity contribution in [2.45, 2.75) is 13.8 Å². The maximum atomic E-state index is 13.7. The van der Waals surface area contributed by atoms with Crippen molar-refractivity contribution in [3.63, 3.8) is 0 Å². The Morgan fingerprint density at radius 3 is 2.17 bits per heavy atom. The summed E-state index contributed by atoms with van der Waals surface area (Å²) in [5.74, 6) is -0.963. The lowest BCUT2D eigenvalue weighted by Gasteiger charge is -2.09. The summed E-state index contributed by atoms with van der Waals surface area (Å²) in [6.07, 6.45) is 0.774. The molecule has 1 nitrogen and oxygen atoms in total. The Labute approximate surface area is 104 Å². The summed E-state index contributed by atoms with van der Waals surface area (Å²) in [5, 5.41) is 0. The molecule has 0 spiro atoms. The molecule has 0 saturated heterocycles. The van der Waals surface area contributed by atoms with Gasteiger partial charge in [0, 0.05) is 11.1 Å². The van der Waals surface area contributed by atoms with Crippen LogP contribution in [0.5, 0.6) is 0 Å². The highest BCUT2D eigenvalue weighted by Crippen LogP contribution is 2.27. The summed E-state index contributed by atoms with van der Waals surface area (Å²) in [7, 11) is 0. The van der Waals surface area contributed by atoms with Crippen LogP contribution < -0.4 is 0 Å². The molecule has 18 heavy (non-hydrogen) atoms. The van der Waals surface area contributed by atoms with Crippen LogP contribution in [0.3, 0.4) is 0 Å². The average molecular weight is 246 g/mol. The third kappa shape index (κ3) is 2.16. The van der Waals surface area contributed by atoms with E-state index in [-0.39, 0.29) is 5.56 Å². The Morgan fingerprint density at radius 1 is 1.00 bits per heavy atom. The molecule has 0 radical (unpaired) electrons. The summed E-state index contributed by atoms with van der Waals surface area (Å²) < 4.78 is 26.8. The number of hydrogen-bond donors (Lipinski definition) is 0. The van der Waals surface area contributed by atoms with Crippen LogP contribution in [0, 0.1) is 25.5 Å². The fraction of sp³-hybridized carbons (Fsp3) is 0.133. The Bertz CT molecular complexity index is 595. The molecule has 0 fully saturated rings. The number of rotatable bonds is 2. The second-order valence-corrected chi connectivity index (χ2v) is 4.27. The van der Waals surface area contributed by atoms with E-state index in [9.17, 15) is 13.6 Å². The lowest BCUT2D eigenvalue weighted by atomic mass is 9.96. The zero-order valence-corrected chi connectivity index (χ0v) is 10.1. The monoisotopic (exact) mass is 246 g/mol. The third-order valence-corrected chi connectivity index (χ3v) is 2.95. The van der Waals surface area contributed by atoms with Crippen molar-refractivity contribution in [1.82, 2.24) is 0 Å². The zero-order valence-electron chi connectivity index (χ0n) is 10.1. The van der Waals surface area contributed by atoms with Crippen LogP contribution in [-0.2, 0) is 0 Å². The van der Waals surface area contributed by atoms with Crippen LogP contribution in [-0.4, -0.2) is 6.29 Å². The summed E-state index contributed by atoms with van der Waals surface area (Å²) in [5.41, 5.74) is 2.88. The lowest BCUT2D eigenvalue weighted by Crippen LogP contribution is -1.94. The summed E-state index contributed by atoms with van der Waals surface area (Å²) in [4.78, 5) is 10.9. The van der Waals surface area contributed by atoms with E-state index in [0.29, 0.717) is 11.1 Å². The van der Waals surface area contributed by atoms with Crippen molar-refractivity contribution >= 4 is 6.29 Å². The molecule has 92 valence electrons. The highest BCUT2D eigenvalue weighted by Gasteiger charge is 2.10. The van der Waals surface area contributed by atoms with E-state index in [2.05, 4.69) is 0 Å². The van der Waals surface area contributed by atoms with Gasteiger partial charge in [0.2, 0.25) is 0 Å². The van der Waals surface area contributed by atoms with Crippen LogP contribution in [0.1, 0.15) is 21.5 Å². The minimum Gasteiger partial charge on any atom is -0.298 e. The quantitative estimate of drug-likeness (QED) is 0.730. The normalized spacial score (nSPS) is 10.4. The van der Waals surface area contributed by atoms with Gasteiger partial charge in [0.05, 0.1) is 0 Å². The Kier molecular flexibility index (Phi) is 3.24. The SMILES string of the molecule is Cc1cc(-c2cc(F)ccc2F)cc(C)c1C=O. The molecule has 2 aromatic carbocycles. The van der Waals surface area contributed by atoms with Crippen molar-refractivity contribution in [3.05, 3.63) is 58.7 Å². The topological polar surface area (TPSA) is 17.1 Å². The first-order valence-electron chi connectivity index (χ1n) is 5.55. The van der Waals surface area contributed by atoms with Gasteiger partial charge in [0.1, 0.15) is 11.6 Å². The van der Waals surface area contributed by atoms with Crippen molar-refractivity contribution in [2.75, 3.05) is 0 Å². The smallest absolute Gasteiger partial charge is 0.150 e. The molecule has 0 amide bonds. The molecule has 0 aliphatic heterocycles. The molecule has 0 atom stereocenters. The van der Waals surface area contributed by atoms with Gasteiger partial charge in [0.25, 0.3) is 0 Å². The number of hydrogen-bond acceptors (Lipinski definition) is 1. The number of aldehydes is 1. The zero-order chi connectivity index (χ0) is 13.3. The Balaban J connectivity index is 2.65. The maximum Gasteiger partial charge on any atom is 0.150 e. The van der Waals surface area contributed by atoms with Gasteiger partial charge in [-0.05, 0) is 48.7 Å². The fourth-order valence-electron chi connectivity index (χ4n) is 2.03. The molecule has 0 heterocycles. The van der Waals surface area contributed by atoms with Crippen molar-refractivity contribution in [1.29, 1.82) is 0 Å². The van der Waals surface area contributed by atoms with E-state index in [1.807, 2.05) is 0 Å². The summed E-state index contributed by atoms with van der Waals surface area (Å²) in [6.45, 7) is 3.55. The molecule has 0 N–H and O–H groups in total. The highest BCUT2D eigenvalue weighted by atomic mass is 19.1. The van der Waals surface area contributed by atoms with Crippen molar-refractivity contribution in [3.8, 4) is 11.1 Å². The predicted octanol–water partition coefficient (Wildman–Crippen LogP) is 4.06. The Morgan fingerprint density at radius 2 is 1.61 bits per heavy atom. The minimum atomic E-state index is -0.485. The van der Waals surface area contributed by atoms with Gasteiger partial charge >= 0.3 is 0 Å². The van der Waals surface area contributed by atoms with Crippen LogP contribution in [0.2, 0.25) is 0 Å². The molecule has 0 bridgehead atoms. The second-order valence-electron chi connectivity index (χ2n) is 4.27. The molecule has 2 aromatic rings. The van der Waals surface area contributed by atoms with E-state index >= 15 is 0 Å². The van der Waals surface area contributed by atoms with Gasteiger partial charge in [-0.15, -0.1) is 0 Å². The molecular weight excluding hydrogens is 234 g/mol. The van der Waals surface area contributed by atoms with Gasteiger partial charge in [-0.25, -0.2) is 8.78 Å². The largest absolute Gasteiger partial charge is 0.298 e. The number of halogens is 2. The molecule has 0 saturated carbocycles. The van der Waals surface area contributed by atoms with E-state index in [1.165, 1.54) is 0 Å². The number of benzene rings is 2. The number of carbonyl (C=O) groups is 1. The number of aryl methyl sites for hydroxylation is 2. The van der Waals surface area contributed by atoms with Crippen LogP contribution >= 0.6 is 0 Å². The van der Waals surface area contributed by atoms with E-state index in [0.717, 1.165) is 35.6 Å². The lowest BCUT2D eigenvalue weighted by molar-refractivity contribution is 0.112. The minimum absolute atomic E-state index is 0.207. The maximum absolute atomic E-state index is 13.7. The van der Waals surface area contributed by atoms with Gasteiger partial charge in [0.15, 0.2) is 6.29 Å². The summed E-state index contributed by atoms with van der Waals surface area (Å²) in [6, 6.07) is 6.72. The van der Waals surface area contributed by atoms with Gasteiger partial charge in [-0.3, -0.25) is 4.79 Å². The van der Waals surface area contributed by atoms with E-state index in [4.69, 9.17) is 0 Å². The standard InChI is InChI=1S/C15H12F2O/c1-9-5-11(6-10(2)14(9)8-18)13-7-12(16)3-4-15(13)17/h3-8H,1-2H3. The average Bonchev–Trinajstić information content (AvgIpc) is 2.32. The van der Waals surface area contributed by atoms with Crippen molar-refractivity contribution in [2.24, 2.45) is 0 Å². The molecular formula is C15H12F2O. The van der Waals surface area contributed by atoms with Crippen molar-refractivity contribution < 1.29 is 13.6 Å². The molecule has 3 heteroatoms. The molecule has 0 unspecified atom stereocenters. The van der Waals surface area contributed by atoms with Gasteiger partial charge in [-0.2, -0.15) is 0 Å². The summed E-state index contributed by atoms with van der Waals surface area (Å²) >= 11 is 0. The first-order valence-corrected chi connectivity index (χ1v) is 5.55. The highest BCUT2D eigenvalue weighted by molar-refractivity contribution is 5.82. The van der Waals surface area contributed by atoms with Crippen LogP contribution in [0.15, 0.2) is 30.3 Å². The van der Waals surface area contributed by atoms with Gasteiger partial charge in [-0.1, -0.05) is 12.1 Å². The second kappa shape index (κ2) is 4.69. The molecule has 0 aliphatic carbocycles. The van der Waals surface area contributed by atoms with Crippen LogP contribution in [0.4, 0.5) is 8.78 Å². The Hall–Kier alpha value is -2.03. The predicted molar refractivity (Wildman–Crippen MR) is 66.7 cm³/mol. The number of carbonyl (C=O) groups excluding carboxylic acids is 1. The van der Waals surface area contributed by atoms with E-state index < -0.39 is 11.6 Å². The fourth-order valence-corrected chi connectivity index (χ4v) is 2.03. The third-order valence-electron chi connectivity index (χ3n) is 2.95. The van der Waals surface area contributed by atoms with Crippen LogP contribution in [0.25, 0.3) is 11.1 Å². The first-order chi connectivity index (χ1) is 8.52. The van der Waals surface area contributed by atoms with E-state index in [1.54, 1.807) is 26.0 Å². The molecule has 0 aliphatic rings. The first kappa shape index (κ1) is 12.4. The molecule has 0 aromatic heterocycles. The van der Waals surface area contributed by atoms with Gasteiger partial charge < -0.3 is 0 Å². The molecule has 2 rings (SSSR count).